The van der Waals surface area contributed by atoms with Gasteiger partial charge in [0, 0.05) is 21.4 Å². The number of rotatable bonds is 3. The normalized spacial score (nSPS) is 10.7. The lowest BCUT2D eigenvalue weighted by molar-refractivity contribution is 1.47. The monoisotopic (exact) mass is 312 g/mol. The van der Waals surface area contributed by atoms with Crippen LogP contribution >= 0.6 is 11.8 Å². The van der Waals surface area contributed by atoms with E-state index in [9.17, 15) is 0 Å². The van der Waals surface area contributed by atoms with Gasteiger partial charge in [-0.15, -0.1) is 0 Å². The average Bonchev–Trinajstić information content (AvgIpc) is 2.63. The molecule has 1 heteroatoms. The van der Waals surface area contributed by atoms with Crippen LogP contribution in [0.15, 0.2) is 102 Å². The van der Waals surface area contributed by atoms with Gasteiger partial charge in [0.05, 0.1) is 0 Å². The lowest BCUT2D eigenvalue weighted by atomic mass is 10.2. The van der Waals surface area contributed by atoms with Crippen molar-refractivity contribution in [2.75, 3.05) is 0 Å². The molecule has 0 fully saturated rings. The Balaban J connectivity index is 1.89. The molecule has 0 aromatic heterocycles. The van der Waals surface area contributed by atoms with Crippen LogP contribution in [0.1, 0.15) is 11.1 Å². The number of hydrogen-bond donors (Lipinski definition) is 0. The second-order valence-electron chi connectivity index (χ2n) is 4.93. The van der Waals surface area contributed by atoms with Crippen molar-refractivity contribution >= 4 is 16.7 Å². The fourth-order valence-electron chi connectivity index (χ4n) is 2.10. The summed E-state index contributed by atoms with van der Waals surface area (Å²) in [6.07, 6.45) is 2.00. The highest BCUT2D eigenvalue weighted by Gasteiger charge is 2.02. The maximum atomic E-state index is 3.19. The van der Waals surface area contributed by atoms with Gasteiger partial charge in [-0.3, -0.25) is 0 Å². The van der Waals surface area contributed by atoms with Crippen molar-refractivity contribution < 1.29 is 0 Å². The Morgan fingerprint density at radius 1 is 0.696 bits per heavy atom. The maximum absolute atomic E-state index is 3.19. The largest absolute Gasteiger partial charge is 0.0888 e. The first-order chi connectivity index (χ1) is 11.4. The van der Waals surface area contributed by atoms with E-state index in [0.717, 1.165) is 10.5 Å². The van der Waals surface area contributed by atoms with Crippen LogP contribution in [0.3, 0.4) is 0 Å². The van der Waals surface area contributed by atoms with Crippen molar-refractivity contribution in [2.45, 2.75) is 4.90 Å². The van der Waals surface area contributed by atoms with Crippen LogP contribution < -0.4 is 0 Å². The zero-order valence-electron chi connectivity index (χ0n) is 12.6. The number of benzene rings is 3. The SMILES string of the molecule is C(#Cc1ccccc1)C=C(Sc1ccccc1)c1ccccc1. The van der Waals surface area contributed by atoms with Crippen molar-refractivity contribution in [1.82, 2.24) is 0 Å². The molecular formula is C22H16S. The molecule has 23 heavy (non-hydrogen) atoms. The number of thioether (sulfide) groups is 1. The molecule has 3 aromatic rings. The van der Waals surface area contributed by atoms with E-state index < -0.39 is 0 Å². The Kier molecular flexibility index (Phi) is 5.34. The third-order valence-electron chi connectivity index (χ3n) is 3.22. The minimum Gasteiger partial charge on any atom is -0.0888 e. The molecule has 0 atom stereocenters. The Labute approximate surface area is 141 Å². The van der Waals surface area contributed by atoms with Gasteiger partial charge < -0.3 is 0 Å². The fourth-order valence-corrected chi connectivity index (χ4v) is 3.02. The standard InChI is InChI=1S/C22H16S/c1-4-11-19(12-5-1)13-10-18-22(20-14-6-2-7-15-20)23-21-16-8-3-9-17-21/h1-9,11-12,14-18H. The van der Waals surface area contributed by atoms with E-state index in [1.165, 1.54) is 10.5 Å². The van der Waals surface area contributed by atoms with Crippen molar-refractivity contribution in [2.24, 2.45) is 0 Å². The topological polar surface area (TPSA) is 0 Å². The van der Waals surface area contributed by atoms with Crippen LogP contribution in [0.4, 0.5) is 0 Å². The summed E-state index contributed by atoms with van der Waals surface area (Å²) in [7, 11) is 0. The molecular weight excluding hydrogens is 296 g/mol. The molecule has 0 amide bonds. The zero-order chi connectivity index (χ0) is 15.7. The Morgan fingerprint density at radius 3 is 1.91 bits per heavy atom. The highest BCUT2D eigenvalue weighted by Crippen LogP contribution is 2.33. The summed E-state index contributed by atoms with van der Waals surface area (Å²) in [4.78, 5) is 2.37. The van der Waals surface area contributed by atoms with Crippen molar-refractivity contribution in [3.63, 3.8) is 0 Å². The Bertz CT molecular complexity index is 823. The van der Waals surface area contributed by atoms with E-state index in [4.69, 9.17) is 0 Å². The van der Waals surface area contributed by atoms with Crippen LogP contribution in [0, 0.1) is 11.8 Å². The van der Waals surface area contributed by atoms with Gasteiger partial charge in [0.15, 0.2) is 0 Å². The summed E-state index contributed by atoms with van der Waals surface area (Å²) < 4.78 is 0. The first-order valence-corrected chi connectivity index (χ1v) is 8.28. The van der Waals surface area contributed by atoms with Gasteiger partial charge in [0.2, 0.25) is 0 Å². The third kappa shape index (κ3) is 4.64. The molecule has 3 rings (SSSR count). The molecule has 0 aliphatic heterocycles. The van der Waals surface area contributed by atoms with E-state index in [0.29, 0.717) is 0 Å². The summed E-state index contributed by atoms with van der Waals surface area (Å²) in [5.74, 6) is 6.38. The molecule has 0 saturated heterocycles. The zero-order valence-corrected chi connectivity index (χ0v) is 13.5. The molecule has 0 N–H and O–H groups in total. The first-order valence-electron chi connectivity index (χ1n) is 7.47. The fraction of sp³-hybridized carbons (Fsp3) is 0. The second-order valence-corrected chi connectivity index (χ2v) is 6.04. The third-order valence-corrected chi connectivity index (χ3v) is 4.30. The van der Waals surface area contributed by atoms with E-state index in [2.05, 4.69) is 60.4 Å². The van der Waals surface area contributed by atoms with E-state index in [-0.39, 0.29) is 0 Å². The predicted octanol–water partition coefficient (Wildman–Crippen LogP) is 5.87. The summed E-state index contributed by atoms with van der Waals surface area (Å²) in [6, 6.07) is 30.8. The molecule has 0 aliphatic rings. The first kappa shape index (κ1) is 15.2. The van der Waals surface area contributed by atoms with E-state index in [1.807, 2.05) is 48.5 Å². The average molecular weight is 312 g/mol. The lowest BCUT2D eigenvalue weighted by Crippen LogP contribution is -1.80. The summed E-state index contributed by atoms with van der Waals surface area (Å²) >= 11 is 1.74. The minimum atomic E-state index is 1.03. The summed E-state index contributed by atoms with van der Waals surface area (Å²) in [5, 5.41) is 0. The number of hydrogen-bond acceptors (Lipinski definition) is 1. The molecule has 0 bridgehead atoms. The lowest BCUT2D eigenvalue weighted by Gasteiger charge is -2.06. The Hall–Kier alpha value is -2.69. The summed E-state index contributed by atoms with van der Waals surface area (Å²) in [6.45, 7) is 0. The Morgan fingerprint density at radius 2 is 1.26 bits per heavy atom. The van der Waals surface area contributed by atoms with Crippen molar-refractivity contribution in [3.8, 4) is 11.8 Å². The number of allylic oxidation sites excluding steroid dienone is 1. The molecule has 3 aromatic carbocycles. The van der Waals surface area contributed by atoms with Gasteiger partial charge in [-0.25, -0.2) is 0 Å². The molecule has 0 spiro atoms. The van der Waals surface area contributed by atoms with Gasteiger partial charge >= 0.3 is 0 Å². The highest BCUT2D eigenvalue weighted by atomic mass is 32.2. The van der Waals surface area contributed by atoms with Gasteiger partial charge in [-0.2, -0.15) is 0 Å². The van der Waals surface area contributed by atoms with Crippen molar-refractivity contribution in [1.29, 1.82) is 0 Å². The van der Waals surface area contributed by atoms with Gasteiger partial charge in [0.1, 0.15) is 0 Å². The van der Waals surface area contributed by atoms with Crippen LogP contribution in [-0.4, -0.2) is 0 Å². The molecule has 110 valence electrons. The van der Waals surface area contributed by atoms with Crippen LogP contribution in [-0.2, 0) is 0 Å². The van der Waals surface area contributed by atoms with E-state index >= 15 is 0 Å². The second kappa shape index (κ2) is 8.08. The van der Waals surface area contributed by atoms with Crippen molar-refractivity contribution in [3.05, 3.63) is 108 Å². The molecule has 0 nitrogen and oxygen atoms in total. The van der Waals surface area contributed by atoms with Crippen LogP contribution in [0.5, 0.6) is 0 Å². The highest BCUT2D eigenvalue weighted by molar-refractivity contribution is 8.08. The van der Waals surface area contributed by atoms with Gasteiger partial charge in [-0.1, -0.05) is 90.3 Å². The van der Waals surface area contributed by atoms with Gasteiger partial charge in [0.25, 0.3) is 0 Å². The quantitative estimate of drug-likeness (QED) is 0.430. The smallest absolute Gasteiger partial charge is 0.0278 e. The molecule has 0 radical (unpaired) electrons. The van der Waals surface area contributed by atoms with Gasteiger partial charge in [-0.05, 0) is 29.8 Å². The van der Waals surface area contributed by atoms with Crippen LogP contribution in [0.2, 0.25) is 0 Å². The molecule has 0 saturated carbocycles. The maximum Gasteiger partial charge on any atom is 0.0278 e. The predicted molar refractivity (Wildman–Crippen MR) is 100 cm³/mol. The van der Waals surface area contributed by atoms with Crippen LogP contribution in [0.25, 0.3) is 4.91 Å². The molecule has 0 heterocycles. The molecule has 0 aliphatic carbocycles. The molecule has 0 unspecified atom stereocenters. The minimum absolute atomic E-state index is 1.03. The van der Waals surface area contributed by atoms with E-state index in [1.54, 1.807) is 11.8 Å². The summed E-state index contributed by atoms with van der Waals surface area (Å²) in [5.41, 5.74) is 2.21.